The van der Waals surface area contributed by atoms with Crippen LogP contribution >= 0.6 is 0 Å². The second-order valence-electron chi connectivity index (χ2n) is 3.82. The maximum atomic E-state index is 6.91. The van der Waals surface area contributed by atoms with E-state index >= 15 is 0 Å². The molecule has 0 atom stereocenters. The normalized spacial score (nSPS) is 28.5. The zero-order valence-corrected chi connectivity index (χ0v) is 6.85. The summed E-state index contributed by atoms with van der Waals surface area (Å²) in [5, 5.41) is 0. The third-order valence-corrected chi connectivity index (χ3v) is 1.96. The molecule has 10 heavy (non-hydrogen) atoms. The van der Waals surface area contributed by atoms with Crippen LogP contribution in [-0.4, -0.2) is 36.7 Å². The molecule has 1 fully saturated rings. The highest BCUT2D eigenvalue weighted by Gasteiger charge is 2.33. The Labute approximate surface area is 67.4 Å². The Balaban J connectivity index is 2.27. The Morgan fingerprint density at radius 3 is 2.50 bits per heavy atom. The van der Waals surface area contributed by atoms with Crippen molar-refractivity contribution in [1.29, 1.82) is 0 Å². The van der Waals surface area contributed by atoms with Crippen molar-refractivity contribution in [2.24, 2.45) is 0 Å². The Morgan fingerprint density at radius 1 is 1.50 bits per heavy atom. The molecule has 0 aromatic heterocycles. The van der Waals surface area contributed by atoms with Crippen molar-refractivity contribution in [3.8, 4) is 0 Å². The van der Waals surface area contributed by atoms with Gasteiger partial charge in [-0.15, -0.1) is 0 Å². The van der Waals surface area contributed by atoms with E-state index in [0.29, 0.717) is 0 Å². The first kappa shape index (κ1) is 4.73. The number of rotatable bonds is 1. The zero-order valence-electron chi connectivity index (χ0n) is 9.85. The van der Waals surface area contributed by atoms with Crippen LogP contribution in [0.5, 0.6) is 0 Å². The molecular weight excluding hydrogens is 126 g/mol. The fourth-order valence-electron chi connectivity index (χ4n) is 1.06. The van der Waals surface area contributed by atoms with Crippen LogP contribution in [0.3, 0.4) is 0 Å². The van der Waals surface area contributed by atoms with E-state index in [4.69, 9.17) is 8.85 Å². The molecule has 1 rings (SSSR count). The minimum Gasteiger partial charge on any atom is -0.379 e. The predicted molar refractivity (Wildman–Crippen MR) is 42.1 cm³/mol. The van der Waals surface area contributed by atoms with Gasteiger partial charge in [-0.1, -0.05) is 0 Å². The Hall–Kier alpha value is -0.0800. The minimum absolute atomic E-state index is 0.119. The van der Waals surface area contributed by atoms with Gasteiger partial charge in [0.05, 0.1) is 10.2 Å². The summed E-state index contributed by atoms with van der Waals surface area (Å²) >= 11 is 0. The van der Waals surface area contributed by atoms with Crippen LogP contribution in [-0.2, 0) is 4.74 Å². The van der Waals surface area contributed by atoms with Gasteiger partial charge in [-0.3, -0.25) is 4.90 Å². The lowest BCUT2D eigenvalue weighted by atomic mass is 9.99. The van der Waals surface area contributed by atoms with Gasteiger partial charge in [0.1, 0.15) is 0 Å². The van der Waals surface area contributed by atoms with Crippen molar-refractivity contribution < 1.29 is 8.85 Å². The summed E-state index contributed by atoms with van der Waals surface area (Å²) in [6.45, 7) is 7.78. The molecule has 1 aliphatic heterocycles. The number of hydrogen-bond donors (Lipinski definition) is 0. The van der Waals surface area contributed by atoms with Gasteiger partial charge in [0.25, 0.3) is 0 Å². The largest absolute Gasteiger partial charge is 0.379 e. The molecule has 1 aliphatic rings. The lowest BCUT2D eigenvalue weighted by Gasteiger charge is -2.46. The first-order valence-corrected chi connectivity index (χ1v) is 3.61. The van der Waals surface area contributed by atoms with Gasteiger partial charge in [-0.2, -0.15) is 0 Å². The molecule has 1 heterocycles. The number of hydrogen-bond acceptors (Lipinski definition) is 2. The average Bonchev–Trinajstić information content (AvgIpc) is 1.71. The van der Waals surface area contributed by atoms with Crippen molar-refractivity contribution in [1.82, 2.24) is 4.90 Å². The molecule has 0 aromatic rings. The van der Waals surface area contributed by atoms with E-state index in [0.717, 1.165) is 13.1 Å². The van der Waals surface area contributed by atoms with E-state index < -0.39 is 7.04 Å². The van der Waals surface area contributed by atoms with Crippen molar-refractivity contribution >= 4 is 0 Å². The van der Waals surface area contributed by atoms with E-state index in [1.165, 1.54) is 0 Å². The van der Waals surface area contributed by atoms with Crippen molar-refractivity contribution in [2.45, 2.75) is 32.4 Å². The van der Waals surface area contributed by atoms with Gasteiger partial charge in [-0.05, 0) is 20.8 Å². The van der Waals surface area contributed by atoms with Crippen LogP contribution in [0.25, 0.3) is 0 Å². The van der Waals surface area contributed by atoms with Crippen LogP contribution in [0, 0.1) is 0 Å². The molecule has 0 radical (unpaired) electrons. The van der Waals surface area contributed by atoms with Crippen LogP contribution in [0.2, 0.25) is 0 Å². The molecule has 0 bridgehead atoms. The molecule has 60 valence electrons. The van der Waals surface area contributed by atoms with Gasteiger partial charge in [0, 0.05) is 25.7 Å². The average molecular weight is 146 g/mol. The summed E-state index contributed by atoms with van der Waals surface area (Å²) in [5.74, 6) is 0. The van der Waals surface area contributed by atoms with Crippen LogP contribution in [0.1, 0.15) is 24.9 Å². The highest BCUT2D eigenvalue weighted by Crippen LogP contribution is 2.21. The number of likely N-dealkylation sites (tertiary alicyclic amines) is 1. The van der Waals surface area contributed by atoms with Crippen molar-refractivity contribution in [3.63, 3.8) is 0 Å². The molecule has 0 aromatic carbocycles. The fourth-order valence-corrected chi connectivity index (χ4v) is 1.06. The number of ether oxygens (including phenoxy) is 1. The number of nitrogens with zero attached hydrogens (tertiary/aromatic N) is 1. The van der Waals surface area contributed by atoms with Crippen LogP contribution in [0.15, 0.2) is 0 Å². The van der Waals surface area contributed by atoms with Gasteiger partial charge < -0.3 is 4.74 Å². The van der Waals surface area contributed by atoms with E-state index in [-0.39, 0.29) is 11.6 Å². The summed E-state index contributed by atoms with van der Waals surface area (Å²) < 4.78 is 25.6. The van der Waals surface area contributed by atoms with E-state index in [2.05, 4.69) is 25.7 Å². The van der Waals surface area contributed by atoms with Gasteiger partial charge in [-0.25, -0.2) is 0 Å². The molecule has 0 amide bonds. The first-order valence-electron chi connectivity index (χ1n) is 5.11. The van der Waals surface area contributed by atoms with Gasteiger partial charge >= 0.3 is 0 Å². The molecule has 0 aliphatic carbocycles. The Bertz CT molecular complexity index is 179. The summed E-state index contributed by atoms with van der Waals surface area (Å²) in [7, 11) is -2.24. The smallest absolute Gasteiger partial charge is 0.0825 e. The molecular formula is C8H17NO. The van der Waals surface area contributed by atoms with E-state index in [1.54, 1.807) is 0 Å². The lowest BCUT2D eigenvalue weighted by Crippen LogP contribution is -2.59. The maximum Gasteiger partial charge on any atom is 0.0825 e. The van der Waals surface area contributed by atoms with E-state index in [9.17, 15) is 0 Å². The highest BCUT2D eigenvalue weighted by molar-refractivity contribution is 4.88. The standard InChI is InChI=1S/C8H17NO/c1-8(2,3)9-5-7(6-9)10-4/h7H,5-6H2,1-4H3/i4D3. The Kier molecular flexibility index (Phi) is 1.19. The van der Waals surface area contributed by atoms with Crippen molar-refractivity contribution in [2.75, 3.05) is 20.1 Å². The predicted octanol–water partition coefficient (Wildman–Crippen LogP) is 1.12. The molecule has 0 spiro atoms. The molecule has 0 saturated carbocycles. The minimum atomic E-state index is -2.24. The van der Waals surface area contributed by atoms with Gasteiger partial charge in [0.15, 0.2) is 0 Å². The third kappa shape index (κ3) is 1.50. The fraction of sp³-hybridized carbons (Fsp3) is 1.00. The monoisotopic (exact) mass is 146 g/mol. The molecule has 1 saturated heterocycles. The second kappa shape index (κ2) is 2.51. The molecule has 0 N–H and O–H groups in total. The SMILES string of the molecule is [2H]C([2H])([2H])OC1CN(C(C)(C)C)C1. The third-order valence-electron chi connectivity index (χ3n) is 1.96. The zero-order chi connectivity index (χ0) is 10.3. The van der Waals surface area contributed by atoms with E-state index in [1.807, 2.05) is 0 Å². The maximum absolute atomic E-state index is 6.91. The highest BCUT2D eigenvalue weighted by atomic mass is 16.5. The van der Waals surface area contributed by atoms with Gasteiger partial charge in [0.2, 0.25) is 0 Å². The molecule has 2 nitrogen and oxygen atoms in total. The summed E-state index contributed by atoms with van der Waals surface area (Å²) in [6, 6.07) is 0. The number of methoxy groups -OCH3 is 1. The van der Waals surface area contributed by atoms with Crippen LogP contribution in [0.4, 0.5) is 0 Å². The quantitative estimate of drug-likeness (QED) is 0.549. The Morgan fingerprint density at radius 2 is 2.10 bits per heavy atom. The lowest BCUT2D eigenvalue weighted by molar-refractivity contribution is -0.0702. The molecule has 2 heteroatoms. The molecule has 0 unspecified atom stereocenters. The van der Waals surface area contributed by atoms with Crippen molar-refractivity contribution in [3.05, 3.63) is 0 Å². The summed E-state index contributed by atoms with van der Waals surface area (Å²) in [5.41, 5.74) is 0.120. The summed E-state index contributed by atoms with van der Waals surface area (Å²) in [4.78, 5) is 2.20. The second-order valence-corrected chi connectivity index (χ2v) is 3.82. The summed E-state index contributed by atoms with van der Waals surface area (Å²) in [6.07, 6.45) is -0.119. The first-order chi connectivity index (χ1) is 5.68. The topological polar surface area (TPSA) is 12.5 Å². The van der Waals surface area contributed by atoms with Crippen LogP contribution < -0.4 is 0 Å².